The van der Waals surface area contributed by atoms with Gasteiger partial charge < -0.3 is 14.5 Å². The highest BCUT2D eigenvalue weighted by Gasteiger charge is 2.19. The zero-order valence-electron chi connectivity index (χ0n) is 17.0. The van der Waals surface area contributed by atoms with E-state index in [4.69, 9.17) is 9.47 Å². The first-order valence-electron chi connectivity index (χ1n) is 9.49. The fourth-order valence-electron chi connectivity index (χ4n) is 2.70. The van der Waals surface area contributed by atoms with E-state index in [-0.39, 0.29) is 29.7 Å². The number of nitro benzene ring substituents is 1. The molecule has 1 amide bonds. The number of aromatic amines is 1. The largest absolute Gasteiger partial charge is 0.493 e. The maximum absolute atomic E-state index is 12.1. The first kappa shape index (κ1) is 22.1. The van der Waals surface area contributed by atoms with Gasteiger partial charge in [0.2, 0.25) is 5.75 Å². The lowest BCUT2D eigenvalue weighted by atomic mass is 10.1. The number of nitro groups is 1. The second-order valence-electron chi connectivity index (χ2n) is 6.12. The topological polar surface area (TPSA) is 132 Å². The number of H-pyrrole nitrogens is 1. The van der Waals surface area contributed by atoms with Gasteiger partial charge in [0, 0.05) is 17.7 Å². The second kappa shape index (κ2) is 10.4. The van der Waals surface area contributed by atoms with Gasteiger partial charge in [-0.05, 0) is 26.0 Å². The molecule has 1 heterocycles. The van der Waals surface area contributed by atoms with Crippen LogP contribution in [0.1, 0.15) is 19.4 Å². The van der Waals surface area contributed by atoms with Crippen LogP contribution >= 0.6 is 11.8 Å². The summed E-state index contributed by atoms with van der Waals surface area (Å²) in [6.45, 7) is 4.15. The number of benzene rings is 2. The Morgan fingerprint density at radius 1 is 1.26 bits per heavy atom. The van der Waals surface area contributed by atoms with Crippen molar-refractivity contribution >= 4 is 40.6 Å². The van der Waals surface area contributed by atoms with E-state index in [0.717, 1.165) is 11.0 Å². The number of amides is 1. The van der Waals surface area contributed by atoms with Crippen LogP contribution < -0.4 is 14.9 Å². The van der Waals surface area contributed by atoms with Gasteiger partial charge in [0.1, 0.15) is 5.75 Å². The van der Waals surface area contributed by atoms with Gasteiger partial charge >= 0.3 is 5.69 Å². The van der Waals surface area contributed by atoms with E-state index in [9.17, 15) is 14.9 Å². The summed E-state index contributed by atoms with van der Waals surface area (Å²) in [4.78, 5) is 30.4. The van der Waals surface area contributed by atoms with Crippen LogP contribution in [-0.4, -0.2) is 46.0 Å². The second-order valence-corrected chi connectivity index (χ2v) is 7.09. The Kier molecular flexibility index (Phi) is 7.44. The molecular weight excluding hydrogens is 422 g/mol. The summed E-state index contributed by atoms with van der Waals surface area (Å²) >= 11 is 1.24. The Morgan fingerprint density at radius 2 is 2.00 bits per heavy atom. The Morgan fingerprint density at radius 3 is 2.71 bits per heavy atom. The van der Waals surface area contributed by atoms with Crippen LogP contribution in [0.3, 0.4) is 0 Å². The lowest BCUT2D eigenvalue weighted by Gasteiger charge is -2.10. The van der Waals surface area contributed by atoms with Crippen LogP contribution in [0.25, 0.3) is 11.0 Å². The summed E-state index contributed by atoms with van der Waals surface area (Å²) in [5, 5.41) is 15.9. The molecule has 3 rings (SSSR count). The summed E-state index contributed by atoms with van der Waals surface area (Å²) in [7, 11) is 0. The van der Waals surface area contributed by atoms with Crippen molar-refractivity contribution in [2.24, 2.45) is 5.10 Å². The fraction of sp³-hybridized carbons (Fsp3) is 0.250. The molecule has 11 heteroatoms. The molecule has 0 aliphatic rings. The molecule has 0 saturated carbocycles. The highest BCUT2D eigenvalue weighted by molar-refractivity contribution is 7.99. The molecular formula is C20H21N5O5S. The molecule has 3 aromatic rings. The first-order valence-corrected chi connectivity index (χ1v) is 10.5. The quantitative estimate of drug-likeness (QED) is 0.212. The third-order valence-electron chi connectivity index (χ3n) is 3.99. The fourth-order valence-corrected chi connectivity index (χ4v) is 3.38. The highest BCUT2D eigenvalue weighted by Crippen LogP contribution is 2.34. The van der Waals surface area contributed by atoms with Crippen LogP contribution in [0.4, 0.5) is 5.69 Å². The number of nitrogens with zero attached hydrogens (tertiary/aromatic N) is 3. The van der Waals surface area contributed by atoms with Crippen LogP contribution in [-0.2, 0) is 4.79 Å². The monoisotopic (exact) mass is 443 g/mol. The van der Waals surface area contributed by atoms with Crippen LogP contribution in [0.15, 0.2) is 46.7 Å². The molecule has 162 valence electrons. The molecule has 2 N–H and O–H groups in total. The zero-order chi connectivity index (χ0) is 22.2. The minimum Gasteiger partial charge on any atom is -0.493 e. The van der Waals surface area contributed by atoms with Gasteiger partial charge in [-0.3, -0.25) is 14.9 Å². The number of imidazole rings is 1. The number of thioether (sulfide) groups is 1. The Bertz CT molecular complexity index is 1080. The van der Waals surface area contributed by atoms with Crippen LogP contribution in [0, 0.1) is 10.1 Å². The standard InChI is InChI=1S/C20H21N5O5S/c1-3-29-17-10-18(30-4-2)16(25(27)28)9-13(17)11-21-24-19(26)12-31-20-22-14-7-5-6-8-15(14)23-20/h5-11H,3-4,12H2,1-2H3,(H,22,23)(H,24,26)/b21-11-. The number of fused-ring (bicyclic) bond motifs is 1. The van der Waals surface area contributed by atoms with Crippen molar-refractivity contribution in [2.75, 3.05) is 19.0 Å². The van der Waals surface area contributed by atoms with E-state index in [0.29, 0.717) is 23.1 Å². The van der Waals surface area contributed by atoms with Gasteiger partial charge in [-0.2, -0.15) is 5.10 Å². The lowest BCUT2D eigenvalue weighted by Crippen LogP contribution is -2.19. The average Bonchev–Trinajstić information content (AvgIpc) is 3.17. The lowest BCUT2D eigenvalue weighted by molar-refractivity contribution is -0.385. The summed E-state index contributed by atoms with van der Waals surface area (Å²) < 4.78 is 10.9. The summed E-state index contributed by atoms with van der Waals surface area (Å²) in [5.74, 6) is 0.226. The number of hydrogen-bond acceptors (Lipinski definition) is 8. The molecule has 0 atom stereocenters. The minimum atomic E-state index is -0.541. The van der Waals surface area contributed by atoms with Gasteiger partial charge in [-0.15, -0.1) is 0 Å². The van der Waals surface area contributed by atoms with Crippen molar-refractivity contribution in [2.45, 2.75) is 19.0 Å². The van der Waals surface area contributed by atoms with Gasteiger partial charge in [-0.1, -0.05) is 23.9 Å². The summed E-state index contributed by atoms with van der Waals surface area (Å²) in [6.07, 6.45) is 1.30. The van der Waals surface area contributed by atoms with Gasteiger partial charge in [0.25, 0.3) is 5.91 Å². The number of hydrazone groups is 1. The number of para-hydroxylation sites is 2. The molecule has 10 nitrogen and oxygen atoms in total. The van der Waals surface area contributed by atoms with Crippen molar-refractivity contribution in [1.82, 2.24) is 15.4 Å². The molecule has 1 aromatic heterocycles. The van der Waals surface area contributed by atoms with Crippen molar-refractivity contribution < 1.29 is 19.2 Å². The van der Waals surface area contributed by atoms with Crippen LogP contribution in [0.5, 0.6) is 11.5 Å². The number of carbonyl (C=O) groups excluding carboxylic acids is 1. The van der Waals surface area contributed by atoms with Crippen molar-refractivity contribution in [3.05, 3.63) is 52.1 Å². The summed E-state index contributed by atoms with van der Waals surface area (Å²) in [5.41, 5.74) is 4.26. The Labute approximate surface area is 182 Å². The molecule has 0 fully saturated rings. The molecule has 0 radical (unpaired) electrons. The van der Waals surface area contributed by atoms with E-state index in [2.05, 4.69) is 20.5 Å². The molecule has 0 saturated heterocycles. The molecule has 0 unspecified atom stereocenters. The Balaban J connectivity index is 1.66. The van der Waals surface area contributed by atoms with E-state index in [1.165, 1.54) is 30.1 Å². The van der Waals surface area contributed by atoms with E-state index < -0.39 is 4.92 Å². The molecule has 0 aliphatic carbocycles. The maximum atomic E-state index is 12.1. The predicted octanol–water partition coefficient (Wildman–Crippen LogP) is 3.51. The number of carbonyl (C=O) groups is 1. The molecule has 0 spiro atoms. The number of ether oxygens (including phenoxy) is 2. The van der Waals surface area contributed by atoms with E-state index in [1.807, 2.05) is 24.3 Å². The normalized spacial score (nSPS) is 11.0. The van der Waals surface area contributed by atoms with Gasteiger partial charge in [0.15, 0.2) is 5.16 Å². The maximum Gasteiger partial charge on any atom is 0.311 e. The molecule has 2 aromatic carbocycles. The molecule has 31 heavy (non-hydrogen) atoms. The summed E-state index contributed by atoms with van der Waals surface area (Å²) in [6, 6.07) is 10.3. The molecule has 0 bridgehead atoms. The van der Waals surface area contributed by atoms with E-state index >= 15 is 0 Å². The van der Waals surface area contributed by atoms with Crippen LogP contribution in [0.2, 0.25) is 0 Å². The van der Waals surface area contributed by atoms with E-state index in [1.54, 1.807) is 13.8 Å². The molecule has 0 aliphatic heterocycles. The van der Waals surface area contributed by atoms with Gasteiger partial charge in [0.05, 0.1) is 41.1 Å². The zero-order valence-corrected chi connectivity index (χ0v) is 17.8. The van der Waals surface area contributed by atoms with Crippen molar-refractivity contribution in [3.8, 4) is 11.5 Å². The third kappa shape index (κ3) is 5.72. The first-order chi connectivity index (χ1) is 15.0. The number of rotatable bonds is 10. The van der Waals surface area contributed by atoms with Gasteiger partial charge in [-0.25, -0.2) is 10.4 Å². The Hall–Kier alpha value is -3.60. The smallest absolute Gasteiger partial charge is 0.311 e. The third-order valence-corrected chi connectivity index (χ3v) is 4.86. The number of aromatic nitrogens is 2. The highest BCUT2D eigenvalue weighted by atomic mass is 32.2. The average molecular weight is 443 g/mol. The minimum absolute atomic E-state index is 0.0961. The van der Waals surface area contributed by atoms with Crippen molar-refractivity contribution in [1.29, 1.82) is 0 Å². The SMILES string of the molecule is CCOc1cc(OCC)c([N+](=O)[O-])cc1/C=N\NC(=O)CSc1nc2ccccc2[nH]1. The predicted molar refractivity (Wildman–Crippen MR) is 118 cm³/mol. The number of hydrogen-bond donors (Lipinski definition) is 2. The van der Waals surface area contributed by atoms with Crippen molar-refractivity contribution in [3.63, 3.8) is 0 Å². The number of nitrogens with one attached hydrogen (secondary N) is 2.